The van der Waals surface area contributed by atoms with Crippen LogP contribution in [0.4, 0.5) is 4.39 Å². The molecule has 2 N–H and O–H groups in total. The molecule has 17 heavy (non-hydrogen) atoms. The number of rotatable bonds is 3. The van der Waals surface area contributed by atoms with Crippen molar-refractivity contribution in [1.29, 1.82) is 0 Å². The van der Waals surface area contributed by atoms with Gasteiger partial charge in [-0.2, -0.15) is 0 Å². The van der Waals surface area contributed by atoms with Gasteiger partial charge in [0.25, 0.3) is 0 Å². The molecular formula is C13H15FN2S. The van der Waals surface area contributed by atoms with Crippen molar-refractivity contribution in [1.82, 2.24) is 4.98 Å². The Hall–Kier alpha value is -1.26. The molecule has 2 rings (SSSR count). The lowest BCUT2D eigenvalue weighted by atomic mass is 10.1. The quantitative estimate of drug-likeness (QED) is 0.909. The predicted molar refractivity (Wildman–Crippen MR) is 69.7 cm³/mol. The fourth-order valence-electron chi connectivity index (χ4n) is 1.79. The summed E-state index contributed by atoms with van der Waals surface area (Å²) in [5.41, 5.74) is 8.15. The van der Waals surface area contributed by atoms with Crippen molar-refractivity contribution >= 4 is 11.3 Å². The lowest BCUT2D eigenvalue weighted by molar-refractivity contribution is 0.619. The van der Waals surface area contributed by atoms with Crippen molar-refractivity contribution < 1.29 is 4.39 Å². The Labute approximate surface area is 104 Å². The molecule has 1 heterocycles. The van der Waals surface area contributed by atoms with Crippen molar-refractivity contribution in [2.24, 2.45) is 5.73 Å². The van der Waals surface area contributed by atoms with E-state index < -0.39 is 0 Å². The largest absolute Gasteiger partial charge is 0.330 e. The molecule has 0 aliphatic rings. The molecule has 0 atom stereocenters. The van der Waals surface area contributed by atoms with Crippen LogP contribution in [-0.4, -0.2) is 11.5 Å². The van der Waals surface area contributed by atoms with Crippen molar-refractivity contribution in [2.45, 2.75) is 20.3 Å². The van der Waals surface area contributed by atoms with Gasteiger partial charge in [0, 0.05) is 10.4 Å². The van der Waals surface area contributed by atoms with Crippen molar-refractivity contribution in [3.05, 3.63) is 39.5 Å². The zero-order chi connectivity index (χ0) is 12.4. The van der Waals surface area contributed by atoms with Crippen LogP contribution in [0.25, 0.3) is 11.3 Å². The van der Waals surface area contributed by atoms with Crippen molar-refractivity contribution in [2.75, 3.05) is 6.54 Å². The third-order valence-corrected chi connectivity index (χ3v) is 3.64. The van der Waals surface area contributed by atoms with Crippen LogP contribution < -0.4 is 5.73 Å². The Balaban J connectivity index is 2.47. The summed E-state index contributed by atoms with van der Waals surface area (Å²) in [5.74, 6) is -0.180. The van der Waals surface area contributed by atoms with E-state index in [4.69, 9.17) is 5.73 Å². The summed E-state index contributed by atoms with van der Waals surface area (Å²) in [6, 6.07) is 5.10. The van der Waals surface area contributed by atoms with Crippen LogP contribution in [0.2, 0.25) is 0 Å². The molecule has 0 bridgehead atoms. The van der Waals surface area contributed by atoms with Gasteiger partial charge in [-0.05, 0) is 50.6 Å². The van der Waals surface area contributed by atoms with Crippen molar-refractivity contribution in [3.8, 4) is 11.3 Å². The molecule has 90 valence electrons. The number of nitrogens with two attached hydrogens (primary N) is 1. The Morgan fingerprint density at radius 2 is 2.12 bits per heavy atom. The maximum Gasteiger partial charge on any atom is 0.126 e. The molecule has 0 spiro atoms. The number of hydrogen-bond acceptors (Lipinski definition) is 3. The minimum atomic E-state index is -0.180. The van der Waals surface area contributed by atoms with Gasteiger partial charge in [0.1, 0.15) is 5.82 Å². The van der Waals surface area contributed by atoms with E-state index >= 15 is 0 Å². The van der Waals surface area contributed by atoms with Gasteiger partial charge < -0.3 is 5.73 Å². The first-order chi connectivity index (χ1) is 8.11. The zero-order valence-corrected chi connectivity index (χ0v) is 10.8. The smallest absolute Gasteiger partial charge is 0.126 e. The van der Waals surface area contributed by atoms with Crippen LogP contribution in [-0.2, 0) is 6.42 Å². The summed E-state index contributed by atoms with van der Waals surface area (Å²) < 4.78 is 13.2. The summed E-state index contributed by atoms with van der Waals surface area (Å²) in [4.78, 5) is 5.69. The molecule has 0 saturated heterocycles. The van der Waals surface area contributed by atoms with Gasteiger partial charge in [-0.25, -0.2) is 9.37 Å². The van der Waals surface area contributed by atoms with Gasteiger partial charge in [0.05, 0.1) is 10.7 Å². The monoisotopic (exact) mass is 250 g/mol. The first-order valence-corrected chi connectivity index (χ1v) is 6.36. The molecule has 1 aromatic carbocycles. The van der Waals surface area contributed by atoms with Crippen LogP contribution in [0.1, 0.15) is 15.4 Å². The van der Waals surface area contributed by atoms with Crippen LogP contribution >= 0.6 is 11.3 Å². The van der Waals surface area contributed by atoms with Crippen LogP contribution in [0.15, 0.2) is 18.2 Å². The van der Waals surface area contributed by atoms with Gasteiger partial charge >= 0.3 is 0 Å². The highest BCUT2D eigenvalue weighted by atomic mass is 32.1. The van der Waals surface area contributed by atoms with E-state index in [-0.39, 0.29) is 5.82 Å². The normalized spacial score (nSPS) is 10.8. The maximum absolute atomic E-state index is 13.2. The number of aryl methyl sites for hydroxylation is 2. The second-order valence-electron chi connectivity index (χ2n) is 4.01. The molecule has 0 saturated carbocycles. The van der Waals surface area contributed by atoms with Gasteiger partial charge in [-0.1, -0.05) is 0 Å². The maximum atomic E-state index is 13.2. The highest BCUT2D eigenvalue weighted by Crippen LogP contribution is 2.29. The topological polar surface area (TPSA) is 38.9 Å². The van der Waals surface area contributed by atoms with E-state index in [1.54, 1.807) is 24.3 Å². The fourth-order valence-corrected chi connectivity index (χ4v) is 2.76. The molecular weight excluding hydrogens is 235 g/mol. The molecule has 4 heteroatoms. The molecule has 0 amide bonds. The molecule has 0 fully saturated rings. The van der Waals surface area contributed by atoms with Crippen molar-refractivity contribution in [3.63, 3.8) is 0 Å². The average molecular weight is 250 g/mol. The number of aromatic nitrogens is 1. The standard InChI is InChI=1S/C13H15FN2S/c1-8-7-10(3-4-11(8)14)13-12(5-6-15)17-9(2)16-13/h3-4,7H,5-6,15H2,1-2H3. The first kappa shape index (κ1) is 12.2. The van der Waals surface area contributed by atoms with E-state index in [0.29, 0.717) is 12.1 Å². The summed E-state index contributed by atoms with van der Waals surface area (Å²) in [6.45, 7) is 4.35. The SMILES string of the molecule is Cc1nc(-c2ccc(F)c(C)c2)c(CCN)s1. The van der Waals surface area contributed by atoms with E-state index in [1.807, 2.05) is 13.0 Å². The van der Waals surface area contributed by atoms with E-state index in [2.05, 4.69) is 4.98 Å². The predicted octanol–water partition coefficient (Wildman–Crippen LogP) is 3.07. The molecule has 0 unspecified atom stereocenters. The summed E-state index contributed by atoms with van der Waals surface area (Å²) in [6.07, 6.45) is 0.817. The summed E-state index contributed by atoms with van der Waals surface area (Å²) >= 11 is 1.66. The van der Waals surface area contributed by atoms with Crippen LogP contribution in [0, 0.1) is 19.7 Å². The number of nitrogens with zero attached hydrogens (tertiary/aromatic N) is 1. The van der Waals surface area contributed by atoms with Gasteiger partial charge in [0.2, 0.25) is 0 Å². The zero-order valence-electron chi connectivity index (χ0n) is 9.96. The van der Waals surface area contributed by atoms with Gasteiger partial charge in [-0.3, -0.25) is 0 Å². The lowest BCUT2D eigenvalue weighted by Gasteiger charge is -2.03. The molecule has 0 radical (unpaired) electrons. The molecule has 1 aromatic heterocycles. The number of hydrogen-bond donors (Lipinski definition) is 1. The van der Waals surface area contributed by atoms with E-state index in [0.717, 1.165) is 22.7 Å². The molecule has 2 nitrogen and oxygen atoms in total. The minimum absolute atomic E-state index is 0.180. The Kier molecular flexibility index (Phi) is 3.54. The van der Waals surface area contributed by atoms with Gasteiger partial charge in [-0.15, -0.1) is 11.3 Å². The second-order valence-corrected chi connectivity index (χ2v) is 5.30. The second kappa shape index (κ2) is 4.94. The Bertz CT molecular complexity index is 534. The fraction of sp³-hybridized carbons (Fsp3) is 0.308. The minimum Gasteiger partial charge on any atom is -0.330 e. The number of halogens is 1. The summed E-state index contributed by atoms with van der Waals surface area (Å²) in [7, 11) is 0. The Morgan fingerprint density at radius 3 is 2.76 bits per heavy atom. The average Bonchev–Trinajstić information content (AvgIpc) is 2.64. The molecule has 0 aliphatic heterocycles. The van der Waals surface area contributed by atoms with Gasteiger partial charge in [0.15, 0.2) is 0 Å². The molecule has 0 aliphatic carbocycles. The van der Waals surface area contributed by atoms with Crippen LogP contribution in [0.5, 0.6) is 0 Å². The van der Waals surface area contributed by atoms with E-state index in [9.17, 15) is 4.39 Å². The van der Waals surface area contributed by atoms with E-state index in [1.165, 1.54) is 10.9 Å². The third-order valence-electron chi connectivity index (χ3n) is 2.61. The van der Waals surface area contributed by atoms with Crippen LogP contribution in [0.3, 0.4) is 0 Å². The lowest BCUT2D eigenvalue weighted by Crippen LogP contribution is -2.02. The first-order valence-electron chi connectivity index (χ1n) is 5.54. The number of thiazole rings is 1. The molecule has 2 aromatic rings. The third kappa shape index (κ3) is 2.53. The summed E-state index contributed by atoms with van der Waals surface area (Å²) in [5, 5.41) is 1.02. The highest BCUT2D eigenvalue weighted by Gasteiger charge is 2.11. The highest BCUT2D eigenvalue weighted by molar-refractivity contribution is 7.12. The number of benzene rings is 1. The Morgan fingerprint density at radius 1 is 1.35 bits per heavy atom.